The average molecular weight is 433 g/mol. The van der Waals surface area contributed by atoms with Crippen molar-refractivity contribution in [2.45, 2.75) is 27.2 Å². The molecule has 0 amide bonds. The third-order valence-electron chi connectivity index (χ3n) is 6.15. The van der Waals surface area contributed by atoms with E-state index in [1.165, 1.54) is 42.8 Å². The van der Waals surface area contributed by atoms with Crippen molar-refractivity contribution >= 4 is 53.2 Å². The molecule has 0 atom stereocenters. The Hall–Kier alpha value is -3.30. The molecule has 4 aromatic carbocycles. The van der Waals surface area contributed by atoms with E-state index in [-0.39, 0.29) is 5.41 Å². The monoisotopic (exact) mass is 432 g/mol. The summed E-state index contributed by atoms with van der Waals surface area (Å²) < 4.78 is 1.26. The summed E-state index contributed by atoms with van der Waals surface area (Å²) in [6.45, 7) is 6.89. The first-order chi connectivity index (χ1) is 15.5. The maximum Gasteiger partial charge on any atom is 0.128 e. The number of hydrogen-bond donors (Lipinski definition) is 0. The van der Waals surface area contributed by atoms with Gasteiger partial charge in [0.15, 0.2) is 0 Å². The van der Waals surface area contributed by atoms with Crippen molar-refractivity contribution < 1.29 is 0 Å². The first kappa shape index (κ1) is 19.4. The van der Waals surface area contributed by atoms with E-state index in [0.29, 0.717) is 0 Å². The summed E-state index contributed by atoms with van der Waals surface area (Å²) in [5.41, 5.74) is 3.83. The van der Waals surface area contributed by atoms with Crippen LogP contribution in [0.1, 0.15) is 26.3 Å². The highest BCUT2D eigenvalue weighted by Gasteiger charge is 2.18. The highest BCUT2D eigenvalue weighted by molar-refractivity contribution is 7.25. The minimum absolute atomic E-state index is 0.231. The summed E-state index contributed by atoms with van der Waals surface area (Å²) >= 11 is 1.75. The first-order valence-electron chi connectivity index (χ1n) is 11.1. The van der Waals surface area contributed by atoms with E-state index in [1.54, 1.807) is 17.7 Å². The first-order valence-corrected chi connectivity index (χ1v) is 11.9. The molecule has 0 unspecified atom stereocenters. The molecule has 0 radical (unpaired) electrons. The van der Waals surface area contributed by atoms with Gasteiger partial charge < -0.3 is 0 Å². The van der Waals surface area contributed by atoms with Gasteiger partial charge in [0.1, 0.15) is 11.2 Å². The van der Waals surface area contributed by atoms with E-state index in [1.807, 2.05) is 0 Å². The van der Waals surface area contributed by atoms with E-state index in [0.717, 1.165) is 22.3 Å². The molecule has 2 nitrogen and oxygen atoms in total. The maximum atomic E-state index is 4.86. The standard InChI is InChI=1S/C29H24N2S/c1-29(2,3)16-19-9-6-12-22-20(19)11-7-13-23(22)27-26-25-21-10-5-4-8-18(21)14-15-24(25)32-28(26)31-17-30-27/h4-15,17H,16H2,1-3H3. The van der Waals surface area contributed by atoms with Crippen molar-refractivity contribution in [1.82, 2.24) is 9.97 Å². The van der Waals surface area contributed by atoms with Crippen LogP contribution >= 0.6 is 11.3 Å². The quantitative estimate of drug-likeness (QED) is 0.274. The van der Waals surface area contributed by atoms with Gasteiger partial charge in [0, 0.05) is 21.0 Å². The van der Waals surface area contributed by atoms with E-state index >= 15 is 0 Å². The molecular weight excluding hydrogens is 408 g/mol. The Labute approximate surface area is 191 Å². The van der Waals surface area contributed by atoms with Crippen LogP contribution in [0.2, 0.25) is 0 Å². The second kappa shape index (κ2) is 7.11. The largest absolute Gasteiger partial charge is 0.236 e. The fraction of sp³-hybridized carbons (Fsp3) is 0.172. The molecule has 0 aliphatic heterocycles. The van der Waals surface area contributed by atoms with Gasteiger partial charge in [-0.15, -0.1) is 11.3 Å². The van der Waals surface area contributed by atoms with Crippen LogP contribution in [0.3, 0.4) is 0 Å². The lowest BCUT2D eigenvalue weighted by atomic mass is 9.85. The zero-order chi connectivity index (χ0) is 21.9. The number of fused-ring (bicyclic) bond motifs is 6. The van der Waals surface area contributed by atoms with Crippen LogP contribution in [0, 0.1) is 5.41 Å². The second-order valence-electron chi connectivity index (χ2n) is 9.72. The predicted octanol–water partition coefficient (Wildman–Crippen LogP) is 8.41. The molecule has 0 saturated heterocycles. The van der Waals surface area contributed by atoms with E-state index in [4.69, 9.17) is 4.98 Å². The third kappa shape index (κ3) is 3.08. The molecule has 0 aliphatic carbocycles. The van der Waals surface area contributed by atoms with Gasteiger partial charge in [-0.05, 0) is 45.0 Å². The van der Waals surface area contributed by atoms with Crippen LogP contribution in [0.4, 0.5) is 0 Å². The summed E-state index contributed by atoms with van der Waals surface area (Å²) in [5.74, 6) is 0. The fourth-order valence-corrected chi connectivity index (χ4v) is 5.94. The van der Waals surface area contributed by atoms with Crippen molar-refractivity contribution in [3.63, 3.8) is 0 Å². The van der Waals surface area contributed by atoms with Crippen LogP contribution < -0.4 is 0 Å². The lowest BCUT2D eigenvalue weighted by Gasteiger charge is -2.20. The molecule has 0 aliphatic rings. The van der Waals surface area contributed by atoms with Gasteiger partial charge in [0.2, 0.25) is 0 Å². The Morgan fingerprint density at radius 3 is 2.38 bits per heavy atom. The van der Waals surface area contributed by atoms with Gasteiger partial charge in [-0.2, -0.15) is 0 Å². The van der Waals surface area contributed by atoms with Crippen molar-refractivity contribution in [1.29, 1.82) is 0 Å². The van der Waals surface area contributed by atoms with Gasteiger partial charge in [-0.25, -0.2) is 9.97 Å². The Morgan fingerprint density at radius 1 is 0.719 bits per heavy atom. The molecule has 6 rings (SSSR count). The Kier molecular flexibility index (Phi) is 4.31. The second-order valence-corrected chi connectivity index (χ2v) is 10.8. The normalized spacial score (nSPS) is 12.3. The average Bonchev–Trinajstić information content (AvgIpc) is 3.17. The van der Waals surface area contributed by atoms with Crippen molar-refractivity contribution in [2.24, 2.45) is 5.41 Å². The Bertz CT molecular complexity index is 1640. The zero-order valence-electron chi connectivity index (χ0n) is 18.5. The van der Waals surface area contributed by atoms with Crippen molar-refractivity contribution in [3.8, 4) is 11.3 Å². The van der Waals surface area contributed by atoms with E-state index < -0.39 is 0 Å². The van der Waals surface area contributed by atoms with Crippen LogP contribution in [0.5, 0.6) is 0 Å². The van der Waals surface area contributed by atoms with Crippen LogP contribution in [0.25, 0.3) is 53.1 Å². The Morgan fingerprint density at radius 2 is 1.50 bits per heavy atom. The van der Waals surface area contributed by atoms with Gasteiger partial charge >= 0.3 is 0 Å². The smallest absolute Gasteiger partial charge is 0.128 e. The number of rotatable bonds is 2. The molecule has 2 heterocycles. The molecule has 0 bridgehead atoms. The van der Waals surface area contributed by atoms with Crippen molar-refractivity contribution in [2.75, 3.05) is 0 Å². The van der Waals surface area contributed by atoms with Crippen molar-refractivity contribution in [3.05, 3.63) is 84.7 Å². The van der Waals surface area contributed by atoms with Crippen LogP contribution in [0.15, 0.2) is 79.1 Å². The molecule has 0 spiro atoms. The zero-order valence-corrected chi connectivity index (χ0v) is 19.3. The lowest BCUT2D eigenvalue weighted by molar-refractivity contribution is 0.412. The summed E-state index contributed by atoms with van der Waals surface area (Å²) in [7, 11) is 0. The lowest BCUT2D eigenvalue weighted by Crippen LogP contribution is -2.09. The highest BCUT2D eigenvalue weighted by Crippen LogP contribution is 2.43. The minimum Gasteiger partial charge on any atom is -0.236 e. The van der Waals surface area contributed by atoms with Gasteiger partial charge in [-0.3, -0.25) is 0 Å². The van der Waals surface area contributed by atoms with Gasteiger partial charge in [0.05, 0.1) is 5.69 Å². The maximum absolute atomic E-state index is 4.86. The van der Waals surface area contributed by atoms with E-state index in [2.05, 4.69) is 98.6 Å². The molecule has 156 valence electrons. The molecule has 0 fully saturated rings. The molecule has 2 aromatic heterocycles. The molecule has 32 heavy (non-hydrogen) atoms. The summed E-state index contributed by atoms with van der Waals surface area (Å²) in [6, 6.07) is 26.3. The van der Waals surface area contributed by atoms with Crippen LogP contribution in [-0.2, 0) is 6.42 Å². The number of aromatic nitrogens is 2. The third-order valence-corrected chi connectivity index (χ3v) is 7.21. The summed E-state index contributed by atoms with van der Waals surface area (Å²) in [6.07, 6.45) is 2.76. The number of thiophene rings is 1. The fourth-order valence-electron chi connectivity index (χ4n) is 4.88. The SMILES string of the molecule is CC(C)(C)Cc1cccc2c(-c3ncnc4sc5ccc6ccccc6c5c34)cccc12. The highest BCUT2D eigenvalue weighted by atomic mass is 32.1. The molecule has 6 aromatic rings. The Balaban J connectivity index is 1.71. The number of nitrogens with zero attached hydrogens (tertiary/aromatic N) is 2. The number of hydrogen-bond acceptors (Lipinski definition) is 3. The van der Waals surface area contributed by atoms with E-state index in [9.17, 15) is 0 Å². The summed E-state index contributed by atoms with van der Waals surface area (Å²) in [4.78, 5) is 10.6. The van der Waals surface area contributed by atoms with Gasteiger partial charge in [0.25, 0.3) is 0 Å². The van der Waals surface area contributed by atoms with Crippen LogP contribution in [-0.4, -0.2) is 9.97 Å². The topological polar surface area (TPSA) is 25.8 Å². The predicted molar refractivity (Wildman–Crippen MR) is 139 cm³/mol. The summed E-state index contributed by atoms with van der Waals surface area (Å²) in [5, 5.41) is 7.52. The minimum atomic E-state index is 0.231. The molecule has 3 heteroatoms. The molecule has 0 N–H and O–H groups in total. The molecular formula is C29H24N2S. The number of benzene rings is 4. The van der Waals surface area contributed by atoms with Gasteiger partial charge in [-0.1, -0.05) is 87.5 Å². The molecule has 0 saturated carbocycles.